The summed E-state index contributed by atoms with van der Waals surface area (Å²) in [5.41, 5.74) is 3.81. The summed E-state index contributed by atoms with van der Waals surface area (Å²) >= 11 is 0. The molecule has 0 aliphatic heterocycles. The van der Waals surface area contributed by atoms with Crippen LogP contribution in [0.5, 0.6) is 5.75 Å². The Morgan fingerprint density at radius 2 is 1.65 bits per heavy atom. The van der Waals surface area contributed by atoms with E-state index in [1.807, 2.05) is 72.8 Å². The van der Waals surface area contributed by atoms with E-state index < -0.39 is 18.2 Å². The fourth-order valence-corrected chi connectivity index (χ4v) is 3.69. The van der Waals surface area contributed by atoms with E-state index in [9.17, 15) is 15.0 Å². The molecule has 0 aliphatic carbocycles. The first-order chi connectivity index (χ1) is 16.5. The van der Waals surface area contributed by atoms with Crippen LogP contribution in [0, 0.1) is 0 Å². The van der Waals surface area contributed by atoms with Crippen LogP contribution >= 0.6 is 0 Å². The molecule has 3 rings (SSSR count). The van der Waals surface area contributed by atoms with Gasteiger partial charge in [0.15, 0.2) is 0 Å². The van der Waals surface area contributed by atoms with Crippen molar-refractivity contribution in [1.29, 1.82) is 0 Å². The van der Waals surface area contributed by atoms with E-state index in [1.165, 1.54) is 5.56 Å². The number of aliphatic carboxylic acids is 1. The molecular weight excluding hydrogens is 428 g/mol. The molecule has 3 aromatic rings. The molecule has 5 heteroatoms. The fourth-order valence-electron chi connectivity index (χ4n) is 3.69. The average molecular weight is 461 g/mol. The van der Waals surface area contributed by atoms with Crippen molar-refractivity contribution in [1.82, 2.24) is 0 Å². The normalized spacial score (nSPS) is 13.0. The molecule has 0 saturated carbocycles. The minimum absolute atomic E-state index is 0.0474. The quantitative estimate of drug-likeness (QED) is 0.326. The zero-order valence-corrected chi connectivity index (χ0v) is 19.2. The average Bonchev–Trinajstić information content (AvgIpc) is 2.86. The van der Waals surface area contributed by atoms with Crippen LogP contribution in [0.4, 0.5) is 0 Å². The van der Waals surface area contributed by atoms with Crippen LogP contribution in [-0.4, -0.2) is 34.0 Å². The summed E-state index contributed by atoms with van der Waals surface area (Å²) in [6, 6.07) is 25.2. The molecule has 0 radical (unpaired) electrons. The SMILES string of the molecule is O=C(O)CCc1ccccc1OCCC(O)/C=C/c1cccc(C(O)CCc2ccccc2)c1. The van der Waals surface area contributed by atoms with E-state index in [0.717, 1.165) is 23.1 Å². The van der Waals surface area contributed by atoms with Gasteiger partial charge in [-0.05, 0) is 53.6 Å². The maximum Gasteiger partial charge on any atom is 0.303 e. The Bertz CT molecular complexity index is 1060. The van der Waals surface area contributed by atoms with Crippen LogP contribution in [0.15, 0.2) is 84.9 Å². The topological polar surface area (TPSA) is 87.0 Å². The van der Waals surface area contributed by atoms with Gasteiger partial charge in [-0.25, -0.2) is 0 Å². The first-order valence-electron chi connectivity index (χ1n) is 11.6. The van der Waals surface area contributed by atoms with Crippen LogP contribution in [0.1, 0.15) is 47.6 Å². The van der Waals surface area contributed by atoms with E-state index in [1.54, 1.807) is 6.08 Å². The van der Waals surface area contributed by atoms with Gasteiger partial charge in [-0.3, -0.25) is 4.79 Å². The molecule has 0 amide bonds. The van der Waals surface area contributed by atoms with Crippen LogP contribution in [-0.2, 0) is 17.6 Å². The van der Waals surface area contributed by atoms with Crippen molar-refractivity contribution in [2.24, 2.45) is 0 Å². The molecule has 3 N–H and O–H groups in total. The molecule has 0 aromatic heterocycles. The zero-order valence-electron chi connectivity index (χ0n) is 19.2. The lowest BCUT2D eigenvalue weighted by atomic mass is 9.99. The Morgan fingerprint density at radius 1 is 0.882 bits per heavy atom. The molecule has 34 heavy (non-hydrogen) atoms. The molecule has 0 heterocycles. The van der Waals surface area contributed by atoms with Crippen molar-refractivity contribution >= 4 is 12.0 Å². The van der Waals surface area contributed by atoms with Gasteiger partial charge in [-0.15, -0.1) is 0 Å². The first kappa shape index (κ1) is 25.2. The number of carbonyl (C=O) groups is 1. The van der Waals surface area contributed by atoms with Gasteiger partial charge in [0.1, 0.15) is 5.75 Å². The molecule has 0 spiro atoms. The van der Waals surface area contributed by atoms with Crippen molar-refractivity contribution < 1.29 is 24.9 Å². The monoisotopic (exact) mass is 460 g/mol. The number of para-hydroxylation sites is 1. The second-order valence-electron chi connectivity index (χ2n) is 8.28. The third kappa shape index (κ3) is 8.50. The second kappa shape index (κ2) is 13.3. The van der Waals surface area contributed by atoms with Crippen molar-refractivity contribution in [2.75, 3.05) is 6.61 Å². The van der Waals surface area contributed by atoms with Gasteiger partial charge in [0.2, 0.25) is 0 Å². The van der Waals surface area contributed by atoms with Gasteiger partial charge in [0.05, 0.1) is 18.8 Å². The van der Waals surface area contributed by atoms with Crippen LogP contribution in [0.25, 0.3) is 6.08 Å². The number of aliphatic hydroxyl groups excluding tert-OH is 2. The van der Waals surface area contributed by atoms with Crippen LogP contribution in [0.2, 0.25) is 0 Å². The summed E-state index contributed by atoms with van der Waals surface area (Å²) in [6.07, 6.45) is 4.64. The van der Waals surface area contributed by atoms with Crippen LogP contribution < -0.4 is 4.74 Å². The summed E-state index contributed by atoms with van der Waals surface area (Å²) in [4.78, 5) is 10.8. The summed E-state index contributed by atoms with van der Waals surface area (Å²) in [5, 5.41) is 29.8. The summed E-state index contributed by atoms with van der Waals surface area (Å²) in [6.45, 7) is 0.313. The third-order valence-electron chi connectivity index (χ3n) is 5.61. The molecule has 178 valence electrons. The predicted molar refractivity (Wildman–Crippen MR) is 134 cm³/mol. The summed E-state index contributed by atoms with van der Waals surface area (Å²) < 4.78 is 5.79. The van der Waals surface area contributed by atoms with Gasteiger partial charge in [0, 0.05) is 12.8 Å². The van der Waals surface area contributed by atoms with Gasteiger partial charge < -0.3 is 20.1 Å². The number of benzene rings is 3. The molecule has 2 atom stereocenters. The highest BCUT2D eigenvalue weighted by Crippen LogP contribution is 2.22. The standard InChI is InChI=1S/C29H32O5/c30-26(19-20-34-28-12-5-4-10-24(28)15-18-29(32)33)16-13-23-9-6-11-25(21-23)27(31)17-14-22-7-2-1-3-8-22/h1-13,16,21,26-27,30-31H,14-15,17-20H2,(H,32,33)/b16-13+. The Hall–Kier alpha value is -3.41. The zero-order chi connectivity index (χ0) is 24.2. The van der Waals surface area contributed by atoms with E-state index in [-0.39, 0.29) is 6.42 Å². The van der Waals surface area contributed by atoms with Gasteiger partial charge >= 0.3 is 5.97 Å². The number of aliphatic hydroxyl groups is 2. The Morgan fingerprint density at radius 3 is 2.44 bits per heavy atom. The molecule has 0 bridgehead atoms. The van der Waals surface area contributed by atoms with E-state index >= 15 is 0 Å². The number of carboxylic acid groups (broad SMARTS) is 1. The number of carboxylic acids is 1. The van der Waals surface area contributed by atoms with E-state index in [2.05, 4.69) is 12.1 Å². The maximum atomic E-state index is 10.8. The number of rotatable bonds is 13. The summed E-state index contributed by atoms with van der Waals surface area (Å²) in [7, 11) is 0. The predicted octanol–water partition coefficient (Wildman–Crippen LogP) is 5.21. The second-order valence-corrected chi connectivity index (χ2v) is 8.28. The Balaban J connectivity index is 1.47. The molecule has 0 aliphatic rings. The number of ether oxygens (including phenoxy) is 1. The van der Waals surface area contributed by atoms with Crippen molar-refractivity contribution in [3.8, 4) is 5.75 Å². The fraction of sp³-hybridized carbons (Fsp3) is 0.276. The molecule has 5 nitrogen and oxygen atoms in total. The molecule has 0 saturated heterocycles. The minimum atomic E-state index is -0.844. The maximum absolute atomic E-state index is 10.8. The smallest absolute Gasteiger partial charge is 0.303 e. The van der Waals surface area contributed by atoms with Crippen molar-refractivity contribution in [3.05, 3.63) is 107 Å². The van der Waals surface area contributed by atoms with Gasteiger partial charge in [-0.1, -0.05) is 78.9 Å². The number of hydrogen-bond acceptors (Lipinski definition) is 4. The minimum Gasteiger partial charge on any atom is -0.493 e. The largest absolute Gasteiger partial charge is 0.493 e. The highest BCUT2D eigenvalue weighted by atomic mass is 16.5. The highest BCUT2D eigenvalue weighted by Gasteiger charge is 2.09. The molecule has 2 unspecified atom stereocenters. The Kier molecular flexibility index (Phi) is 9.89. The lowest BCUT2D eigenvalue weighted by Gasteiger charge is -2.13. The number of hydrogen-bond donors (Lipinski definition) is 3. The van der Waals surface area contributed by atoms with E-state index in [0.29, 0.717) is 31.6 Å². The summed E-state index contributed by atoms with van der Waals surface area (Å²) in [5.74, 6) is -0.194. The number of aryl methyl sites for hydroxylation is 2. The van der Waals surface area contributed by atoms with Gasteiger partial charge in [0.25, 0.3) is 0 Å². The Labute approximate surface area is 201 Å². The van der Waals surface area contributed by atoms with E-state index in [4.69, 9.17) is 9.84 Å². The van der Waals surface area contributed by atoms with Crippen molar-refractivity contribution in [2.45, 2.75) is 44.3 Å². The molecule has 0 fully saturated rings. The first-order valence-corrected chi connectivity index (χ1v) is 11.6. The van der Waals surface area contributed by atoms with Gasteiger partial charge in [-0.2, -0.15) is 0 Å². The molecule has 3 aromatic carbocycles. The van der Waals surface area contributed by atoms with Crippen LogP contribution in [0.3, 0.4) is 0 Å². The lowest BCUT2D eigenvalue weighted by Crippen LogP contribution is -2.10. The highest BCUT2D eigenvalue weighted by molar-refractivity contribution is 5.67. The van der Waals surface area contributed by atoms with Crippen molar-refractivity contribution in [3.63, 3.8) is 0 Å². The third-order valence-corrected chi connectivity index (χ3v) is 5.61. The molecular formula is C29H32O5. The lowest BCUT2D eigenvalue weighted by molar-refractivity contribution is -0.136.